The summed E-state index contributed by atoms with van der Waals surface area (Å²) in [6.07, 6.45) is 8.50. The Morgan fingerprint density at radius 3 is 1.75 bits per heavy atom. The highest BCUT2D eigenvalue weighted by Crippen LogP contribution is 2.11. The van der Waals surface area contributed by atoms with Gasteiger partial charge in [-0.05, 0) is 19.8 Å². The van der Waals surface area contributed by atoms with E-state index in [-0.39, 0.29) is 25.6 Å². The molecule has 0 aromatic heterocycles. The molecule has 6 nitrogen and oxygen atoms in total. The number of hydrogen-bond donors (Lipinski definition) is 1. The van der Waals surface area contributed by atoms with Crippen molar-refractivity contribution in [1.82, 2.24) is 0 Å². The fourth-order valence-electron chi connectivity index (χ4n) is 2.09. The van der Waals surface area contributed by atoms with Crippen LogP contribution in [-0.2, 0) is 23.9 Å². The average Bonchev–Trinajstić information content (AvgIpc) is 2.52. The molecule has 0 aliphatic heterocycles. The lowest BCUT2D eigenvalue weighted by Gasteiger charge is -2.06. The molecule has 0 rings (SSSR count). The van der Waals surface area contributed by atoms with Crippen LogP contribution >= 0.6 is 0 Å². The molecule has 0 aromatic rings. The van der Waals surface area contributed by atoms with Crippen LogP contribution in [0.1, 0.15) is 71.1 Å². The molecule has 1 N–H and O–H groups in total. The SMILES string of the molecule is C=C(C)C(=O)OCCOC(=O)CCCCCCCCCCC(=O)O. The number of rotatable bonds is 15. The minimum Gasteiger partial charge on any atom is -0.481 e. The Kier molecular flexibility index (Phi) is 13.6. The first-order chi connectivity index (χ1) is 11.4. The van der Waals surface area contributed by atoms with Crippen molar-refractivity contribution in [3.63, 3.8) is 0 Å². The molecule has 0 unspecified atom stereocenters. The molecule has 0 aromatic carbocycles. The van der Waals surface area contributed by atoms with Gasteiger partial charge in [0, 0.05) is 18.4 Å². The zero-order valence-corrected chi connectivity index (χ0v) is 14.7. The summed E-state index contributed by atoms with van der Waals surface area (Å²) in [5, 5.41) is 8.51. The van der Waals surface area contributed by atoms with Crippen LogP contribution in [0.25, 0.3) is 0 Å². The summed E-state index contributed by atoms with van der Waals surface area (Å²) in [6, 6.07) is 0. The normalized spacial score (nSPS) is 10.2. The minimum absolute atomic E-state index is 0.0549. The van der Waals surface area contributed by atoms with E-state index < -0.39 is 11.9 Å². The summed E-state index contributed by atoms with van der Waals surface area (Å²) in [5.74, 6) is -1.47. The number of ether oxygens (including phenoxy) is 2. The molecule has 24 heavy (non-hydrogen) atoms. The van der Waals surface area contributed by atoms with Gasteiger partial charge in [-0.25, -0.2) is 4.79 Å². The van der Waals surface area contributed by atoms with E-state index in [4.69, 9.17) is 14.6 Å². The zero-order valence-electron chi connectivity index (χ0n) is 14.7. The van der Waals surface area contributed by atoms with Gasteiger partial charge in [0.25, 0.3) is 0 Å². The summed E-state index contributed by atoms with van der Waals surface area (Å²) in [4.78, 5) is 32.9. The lowest BCUT2D eigenvalue weighted by molar-refractivity contribution is -0.150. The number of unbranched alkanes of at least 4 members (excludes halogenated alkanes) is 7. The molecule has 0 atom stereocenters. The van der Waals surface area contributed by atoms with Gasteiger partial charge in [-0.3, -0.25) is 9.59 Å². The Labute approximate surface area is 144 Å². The molecule has 6 heteroatoms. The second-order valence-corrected chi connectivity index (χ2v) is 5.86. The Bertz CT molecular complexity index is 402. The van der Waals surface area contributed by atoms with Gasteiger partial charge in [0.1, 0.15) is 13.2 Å². The first kappa shape index (κ1) is 22.1. The molecule has 0 spiro atoms. The van der Waals surface area contributed by atoms with Crippen LogP contribution in [0.5, 0.6) is 0 Å². The topological polar surface area (TPSA) is 89.9 Å². The third-order valence-corrected chi connectivity index (χ3v) is 3.45. The largest absolute Gasteiger partial charge is 0.481 e. The van der Waals surface area contributed by atoms with E-state index in [0.29, 0.717) is 12.0 Å². The number of esters is 2. The van der Waals surface area contributed by atoms with Crippen molar-refractivity contribution < 1.29 is 29.0 Å². The van der Waals surface area contributed by atoms with Gasteiger partial charge in [-0.1, -0.05) is 45.1 Å². The van der Waals surface area contributed by atoms with Crippen LogP contribution in [0, 0.1) is 0 Å². The van der Waals surface area contributed by atoms with E-state index in [1.807, 2.05) is 0 Å². The molecule has 0 aliphatic carbocycles. The molecular formula is C18H30O6. The third kappa shape index (κ3) is 15.1. The van der Waals surface area contributed by atoms with Crippen LogP contribution in [-0.4, -0.2) is 36.2 Å². The Hall–Kier alpha value is -1.85. The highest BCUT2D eigenvalue weighted by Gasteiger charge is 2.05. The van der Waals surface area contributed by atoms with Gasteiger partial charge in [0.05, 0.1) is 0 Å². The van der Waals surface area contributed by atoms with Gasteiger partial charge in [0.2, 0.25) is 0 Å². The Balaban J connectivity index is 3.30. The molecule has 0 radical (unpaired) electrons. The van der Waals surface area contributed by atoms with Gasteiger partial charge in [-0.15, -0.1) is 0 Å². The highest BCUT2D eigenvalue weighted by atomic mass is 16.6. The van der Waals surface area contributed by atoms with Crippen LogP contribution in [0.3, 0.4) is 0 Å². The number of carboxylic acid groups (broad SMARTS) is 1. The highest BCUT2D eigenvalue weighted by molar-refractivity contribution is 5.86. The van der Waals surface area contributed by atoms with E-state index in [0.717, 1.165) is 51.4 Å². The van der Waals surface area contributed by atoms with Crippen LogP contribution in [0.2, 0.25) is 0 Å². The quantitative estimate of drug-likeness (QED) is 0.278. The molecule has 0 aliphatic rings. The molecule has 0 fully saturated rings. The van der Waals surface area contributed by atoms with Crippen LogP contribution < -0.4 is 0 Å². The molecule has 0 bridgehead atoms. The molecule has 0 heterocycles. The van der Waals surface area contributed by atoms with Crippen molar-refractivity contribution in [2.45, 2.75) is 71.1 Å². The smallest absolute Gasteiger partial charge is 0.333 e. The zero-order chi connectivity index (χ0) is 18.2. The van der Waals surface area contributed by atoms with E-state index in [9.17, 15) is 14.4 Å². The maximum absolute atomic E-state index is 11.5. The predicted molar refractivity (Wildman–Crippen MR) is 90.5 cm³/mol. The first-order valence-corrected chi connectivity index (χ1v) is 8.63. The number of carboxylic acids is 1. The fourth-order valence-corrected chi connectivity index (χ4v) is 2.09. The van der Waals surface area contributed by atoms with Crippen LogP contribution in [0.4, 0.5) is 0 Å². The number of aliphatic carboxylic acids is 1. The first-order valence-electron chi connectivity index (χ1n) is 8.63. The van der Waals surface area contributed by atoms with E-state index in [2.05, 4.69) is 6.58 Å². The van der Waals surface area contributed by atoms with Gasteiger partial charge in [-0.2, -0.15) is 0 Å². The standard InChI is InChI=1S/C18H30O6/c1-15(2)18(22)24-14-13-23-17(21)12-10-8-6-4-3-5-7-9-11-16(19)20/h1,3-14H2,2H3,(H,19,20). The van der Waals surface area contributed by atoms with Gasteiger partial charge in [0.15, 0.2) is 0 Å². The summed E-state index contributed by atoms with van der Waals surface area (Å²) < 4.78 is 9.79. The molecular weight excluding hydrogens is 312 g/mol. The molecule has 138 valence electrons. The van der Waals surface area contributed by atoms with Crippen LogP contribution in [0.15, 0.2) is 12.2 Å². The van der Waals surface area contributed by atoms with Gasteiger partial charge < -0.3 is 14.6 Å². The maximum atomic E-state index is 11.5. The Morgan fingerprint density at radius 2 is 1.25 bits per heavy atom. The van der Waals surface area contributed by atoms with Crippen molar-refractivity contribution in [2.24, 2.45) is 0 Å². The fraction of sp³-hybridized carbons (Fsp3) is 0.722. The summed E-state index contributed by atoms with van der Waals surface area (Å²) in [7, 11) is 0. The summed E-state index contributed by atoms with van der Waals surface area (Å²) in [5.41, 5.74) is 0.322. The lowest BCUT2D eigenvalue weighted by Crippen LogP contribution is -2.14. The number of carbonyl (C=O) groups excluding carboxylic acids is 2. The molecule has 0 saturated heterocycles. The van der Waals surface area contributed by atoms with Crippen molar-refractivity contribution in [2.75, 3.05) is 13.2 Å². The number of carbonyl (C=O) groups is 3. The second-order valence-electron chi connectivity index (χ2n) is 5.86. The van der Waals surface area contributed by atoms with Gasteiger partial charge >= 0.3 is 17.9 Å². The number of hydrogen-bond acceptors (Lipinski definition) is 5. The van der Waals surface area contributed by atoms with E-state index in [1.165, 1.54) is 0 Å². The lowest BCUT2D eigenvalue weighted by atomic mass is 10.1. The summed E-state index contributed by atoms with van der Waals surface area (Å²) in [6.45, 7) is 5.15. The van der Waals surface area contributed by atoms with Crippen molar-refractivity contribution in [3.05, 3.63) is 12.2 Å². The van der Waals surface area contributed by atoms with Crippen molar-refractivity contribution in [1.29, 1.82) is 0 Å². The van der Waals surface area contributed by atoms with Crippen molar-refractivity contribution in [3.8, 4) is 0 Å². The van der Waals surface area contributed by atoms with E-state index >= 15 is 0 Å². The van der Waals surface area contributed by atoms with E-state index in [1.54, 1.807) is 6.92 Å². The molecule has 0 amide bonds. The summed E-state index contributed by atoms with van der Waals surface area (Å²) >= 11 is 0. The minimum atomic E-state index is -0.726. The maximum Gasteiger partial charge on any atom is 0.333 e. The average molecular weight is 342 g/mol. The predicted octanol–water partition coefficient (Wildman–Crippen LogP) is 3.63. The second kappa shape index (κ2) is 14.7. The molecule has 0 saturated carbocycles. The Morgan fingerprint density at radius 1 is 0.792 bits per heavy atom. The van der Waals surface area contributed by atoms with Crippen molar-refractivity contribution >= 4 is 17.9 Å². The third-order valence-electron chi connectivity index (χ3n) is 3.45. The monoisotopic (exact) mass is 342 g/mol.